The van der Waals surface area contributed by atoms with E-state index in [1.165, 1.54) is 0 Å². The molecule has 0 aliphatic carbocycles. The summed E-state index contributed by atoms with van der Waals surface area (Å²) in [5, 5.41) is 11.4. The van der Waals surface area contributed by atoms with Crippen LogP contribution < -0.4 is 4.74 Å². The van der Waals surface area contributed by atoms with E-state index in [2.05, 4.69) is 18.7 Å². The molecule has 21 heavy (non-hydrogen) atoms. The Hall–Kier alpha value is -0.810. The summed E-state index contributed by atoms with van der Waals surface area (Å²) >= 11 is 6.06. The van der Waals surface area contributed by atoms with Crippen LogP contribution in [0.3, 0.4) is 0 Å². The smallest absolute Gasteiger partial charge is 0.122 e. The zero-order chi connectivity index (χ0) is 15.5. The molecule has 5 heteroatoms. The maximum atomic E-state index is 10.7. The summed E-state index contributed by atoms with van der Waals surface area (Å²) in [6, 6.07) is 5.49. The Morgan fingerprint density at radius 3 is 2.67 bits per heavy atom. The minimum absolute atomic E-state index is 0.322. The van der Waals surface area contributed by atoms with Crippen LogP contribution in [0, 0.1) is 0 Å². The molecule has 0 saturated carbocycles. The summed E-state index contributed by atoms with van der Waals surface area (Å²) in [4.78, 5) is 2.28. The Balaban J connectivity index is 2.12. The molecule has 1 aromatic carbocycles. The van der Waals surface area contributed by atoms with Crippen molar-refractivity contribution < 1.29 is 14.6 Å². The van der Waals surface area contributed by atoms with Crippen LogP contribution in [0.5, 0.6) is 5.75 Å². The lowest BCUT2D eigenvalue weighted by Gasteiger charge is -2.43. The van der Waals surface area contributed by atoms with Crippen LogP contribution in [0.1, 0.15) is 19.4 Å². The minimum Gasteiger partial charge on any atom is -0.496 e. The highest BCUT2D eigenvalue weighted by molar-refractivity contribution is 6.30. The lowest BCUT2D eigenvalue weighted by molar-refractivity contribution is -0.0613. The first-order valence-corrected chi connectivity index (χ1v) is 7.66. The van der Waals surface area contributed by atoms with E-state index in [9.17, 15) is 5.11 Å². The summed E-state index contributed by atoms with van der Waals surface area (Å²) in [5.41, 5.74) is 0.607. The molecule has 0 amide bonds. The topological polar surface area (TPSA) is 41.9 Å². The van der Waals surface area contributed by atoms with Crippen molar-refractivity contribution >= 4 is 11.6 Å². The Labute approximate surface area is 131 Å². The van der Waals surface area contributed by atoms with Crippen LogP contribution >= 0.6 is 11.6 Å². The van der Waals surface area contributed by atoms with Gasteiger partial charge in [0.15, 0.2) is 0 Å². The van der Waals surface area contributed by atoms with Gasteiger partial charge in [-0.25, -0.2) is 0 Å². The predicted molar refractivity (Wildman–Crippen MR) is 84.2 cm³/mol. The second kappa shape index (κ2) is 6.97. The summed E-state index contributed by atoms with van der Waals surface area (Å²) in [6.45, 7) is 7.26. The number of morpholine rings is 1. The molecule has 1 saturated heterocycles. The first-order valence-electron chi connectivity index (χ1n) is 7.28. The molecule has 1 heterocycles. The number of methoxy groups -OCH3 is 1. The first kappa shape index (κ1) is 16.6. The highest BCUT2D eigenvalue weighted by Gasteiger charge is 2.35. The van der Waals surface area contributed by atoms with Gasteiger partial charge in [0.1, 0.15) is 5.75 Å². The maximum absolute atomic E-state index is 10.7. The highest BCUT2D eigenvalue weighted by Crippen LogP contribution is 2.28. The molecule has 1 aromatic rings. The zero-order valence-electron chi connectivity index (χ0n) is 12.9. The second-order valence-electron chi connectivity index (χ2n) is 5.93. The molecular formula is C16H24ClNO3. The van der Waals surface area contributed by atoms with Crippen molar-refractivity contribution in [1.29, 1.82) is 0 Å². The number of rotatable bonds is 5. The normalized spacial score (nSPS) is 18.5. The van der Waals surface area contributed by atoms with E-state index in [0.717, 1.165) is 37.6 Å². The average molecular weight is 314 g/mol. The van der Waals surface area contributed by atoms with Crippen LogP contribution in [-0.2, 0) is 11.2 Å². The molecule has 1 fully saturated rings. The van der Waals surface area contributed by atoms with Gasteiger partial charge in [0.25, 0.3) is 0 Å². The molecule has 0 radical (unpaired) electrons. The third kappa shape index (κ3) is 3.89. The Bertz CT molecular complexity index is 473. The Morgan fingerprint density at radius 2 is 2.05 bits per heavy atom. The van der Waals surface area contributed by atoms with E-state index in [1.54, 1.807) is 13.2 Å². The van der Waals surface area contributed by atoms with Crippen LogP contribution in [-0.4, -0.2) is 55.1 Å². The van der Waals surface area contributed by atoms with Crippen molar-refractivity contribution in [1.82, 2.24) is 4.90 Å². The summed E-state index contributed by atoms with van der Waals surface area (Å²) in [7, 11) is 1.63. The molecule has 118 valence electrons. The van der Waals surface area contributed by atoms with Crippen LogP contribution in [0.15, 0.2) is 18.2 Å². The number of hydrogen-bond donors (Lipinski definition) is 1. The Kier molecular flexibility index (Phi) is 5.49. The number of ether oxygens (including phenoxy) is 2. The predicted octanol–water partition coefficient (Wildman–Crippen LogP) is 2.36. The fraction of sp³-hybridized carbons (Fsp3) is 0.625. The molecule has 4 nitrogen and oxygen atoms in total. The highest BCUT2D eigenvalue weighted by atomic mass is 35.5. The van der Waals surface area contributed by atoms with Gasteiger partial charge in [-0.15, -0.1) is 0 Å². The lowest BCUT2D eigenvalue weighted by atomic mass is 9.89. The fourth-order valence-corrected chi connectivity index (χ4v) is 2.91. The fourth-order valence-electron chi connectivity index (χ4n) is 2.72. The van der Waals surface area contributed by atoms with Crippen molar-refractivity contribution in [2.24, 2.45) is 0 Å². The quantitative estimate of drug-likeness (QED) is 0.906. The molecular weight excluding hydrogens is 290 g/mol. The van der Waals surface area contributed by atoms with E-state index >= 15 is 0 Å². The molecule has 0 spiro atoms. The van der Waals surface area contributed by atoms with Gasteiger partial charge in [-0.05, 0) is 37.6 Å². The number of nitrogens with zero attached hydrogens (tertiary/aromatic N) is 1. The van der Waals surface area contributed by atoms with Crippen molar-refractivity contribution in [3.8, 4) is 5.75 Å². The summed E-state index contributed by atoms with van der Waals surface area (Å²) in [6.07, 6.45) is -0.00312. The van der Waals surface area contributed by atoms with E-state index < -0.39 is 6.10 Å². The lowest BCUT2D eigenvalue weighted by Crippen LogP contribution is -2.56. The first-order chi connectivity index (χ1) is 9.95. The third-order valence-electron chi connectivity index (χ3n) is 4.30. The van der Waals surface area contributed by atoms with E-state index in [1.807, 2.05) is 12.1 Å². The number of halogens is 1. The van der Waals surface area contributed by atoms with E-state index in [-0.39, 0.29) is 5.54 Å². The summed E-state index contributed by atoms with van der Waals surface area (Å²) in [5.74, 6) is 0.760. The molecule has 0 bridgehead atoms. The van der Waals surface area contributed by atoms with Crippen molar-refractivity contribution in [3.63, 3.8) is 0 Å². The van der Waals surface area contributed by atoms with Gasteiger partial charge in [0.2, 0.25) is 0 Å². The monoisotopic (exact) mass is 313 g/mol. The maximum Gasteiger partial charge on any atom is 0.122 e. The SMILES string of the molecule is COc1ccc(Cl)cc1CC(O)C(C)(C)N1CCOCC1. The molecule has 1 atom stereocenters. The average Bonchev–Trinajstić information content (AvgIpc) is 2.48. The van der Waals surface area contributed by atoms with Gasteiger partial charge < -0.3 is 14.6 Å². The van der Waals surface area contributed by atoms with Gasteiger partial charge in [-0.2, -0.15) is 0 Å². The van der Waals surface area contributed by atoms with Gasteiger partial charge in [-0.3, -0.25) is 4.90 Å². The molecule has 1 unspecified atom stereocenters. The van der Waals surface area contributed by atoms with Crippen molar-refractivity contribution in [2.45, 2.75) is 31.9 Å². The largest absolute Gasteiger partial charge is 0.496 e. The number of aliphatic hydroxyl groups is 1. The molecule has 1 aliphatic heterocycles. The number of benzene rings is 1. The van der Waals surface area contributed by atoms with Crippen LogP contribution in [0.2, 0.25) is 5.02 Å². The van der Waals surface area contributed by atoms with Crippen LogP contribution in [0.4, 0.5) is 0 Å². The van der Waals surface area contributed by atoms with Gasteiger partial charge in [0, 0.05) is 30.1 Å². The van der Waals surface area contributed by atoms with Crippen LogP contribution in [0.25, 0.3) is 0 Å². The zero-order valence-corrected chi connectivity index (χ0v) is 13.7. The number of hydrogen-bond acceptors (Lipinski definition) is 4. The van der Waals surface area contributed by atoms with Gasteiger partial charge in [0.05, 0.1) is 26.4 Å². The molecule has 1 aliphatic rings. The third-order valence-corrected chi connectivity index (χ3v) is 4.53. The summed E-state index contributed by atoms with van der Waals surface area (Å²) < 4.78 is 10.7. The molecule has 1 N–H and O–H groups in total. The molecule has 0 aromatic heterocycles. The van der Waals surface area contributed by atoms with E-state index in [4.69, 9.17) is 21.1 Å². The molecule has 2 rings (SSSR count). The number of aliphatic hydroxyl groups excluding tert-OH is 1. The Morgan fingerprint density at radius 1 is 1.38 bits per heavy atom. The van der Waals surface area contributed by atoms with Crippen molar-refractivity contribution in [2.75, 3.05) is 33.4 Å². The van der Waals surface area contributed by atoms with Crippen molar-refractivity contribution in [3.05, 3.63) is 28.8 Å². The van der Waals surface area contributed by atoms with Gasteiger partial charge >= 0.3 is 0 Å². The minimum atomic E-state index is -0.511. The standard InChI is InChI=1S/C16H24ClNO3/c1-16(2,18-6-8-21-9-7-18)15(19)11-12-10-13(17)4-5-14(12)20-3/h4-5,10,15,19H,6-9,11H2,1-3H3. The van der Waals surface area contributed by atoms with Gasteiger partial charge in [-0.1, -0.05) is 11.6 Å². The second-order valence-corrected chi connectivity index (χ2v) is 6.37. The van der Waals surface area contributed by atoms with E-state index in [0.29, 0.717) is 11.4 Å².